The summed E-state index contributed by atoms with van der Waals surface area (Å²) in [5, 5.41) is 8.20. The third kappa shape index (κ3) is 3.93. The van der Waals surface area contributed by atoms with Crippen LogP contribution in [0, 0.1) is 6.92 Å². The average molecular weight is 418 g/mol. The number of anilines is 1. The number of para-hydroxylation sites is 1. The van der Waals surface area contributed by atoms with Crippen LogP contribution in [-0.2, 0) is 0 Å². The highest BCUT2D eigenvalue weighted by Gasteiger charge is 2.19. The first-order valence-corrected chi connectivity index (χ1v) is 9.81. The molecule has 0 aliphatic carbocycles. The summed E-state index contributed by atoms with van der Waals surface area (Å²) in [5.74, 6) is 0.196. The predicted octanol–water partition coefficient (Wildman–Crippen LogP) is 5.76. The zero-order chi connectivity index (χ0) is 21.1. The summed E-state index contributed by atoms with van der Waals surface area (Å²) in [6, 6.07) is 24.6. The third-order valence-corrected chi connectivity index (χ3v) is 5.15. The molecule has 4 aromatic rings. The summed E-state index contributed by atoms with van der Waals surface area (Å²) < 4.78 is 7.03. The van der Waals surface area contributed by atoms with Crippen molar-refractivity contribution in [2.75, 3.05) is 12.4 Å². The van der Waals surface area contributed by atoms with Crippen LogP contribution >= 0.6 is 11.6 Å². The Labute approximate surface area is 179 Å². The van der Waals surface area contributed by atoms with Gasteiger partial charge in [-0.05, 0) is 36.8 Å². The maximum absolute atomic E-state index is 13.3. The quantitative estimate of drug-likeness (QED) is 0.449. The Hall–Kier alpha value is -3.57. The van der Waals surface area contributed by atoms with Crippen molar-refractivity contribution in [2.24, 2.45) is 0 Å². The molecule has 1 N–H and O–H groups in total. The van der Waals surface area contributed by atoms with Crippen molar-refractivity contribution in [3.8, 4) is 22.7 Å². The zero-order valence-corrected chi connectivity index (χ0v) is 17.4. The molecule has 30 heavy (non-hydrogen) atoms. The van der Waals surface area contributed by atoms with Gasteiger partial charge in [0.15, 0.2) is 0 Å². The first kappa shape index (κ1) is 19.7. The second-order valence-corrected chi connectivity index (χ2v) is 7.19. The fourth-order valence-electron chi connectivity index (χ4n) is 3.18. The van der Waals surface area contributed by atoms with E-state index in [1.54, 1.807) is 30.0 Å². The lowest BCUT2D eigenvalue weighted by atomic mass is 10.1. The van der Waals surface area contributed by atoms with Gasteiger partial charge in [-0.1, -0.05) is 60.1 Å². The third-order valence-electron chi connectivity index (χ3n) is 4.74. The van der Waals surface area contributed by atoms with Crippen LogP contribution < -0.4 is 10.1 Å². The van der Waals surface area contributed by atoms with Crippen molar-refractivity contribution >= 4 is 23.2 Å². The van der Waals surface area contributed by atoms with Crippen LogP contribution in [0.3, 0.4) is 0 Å². The smallest absolute Gasteiger partial charge is 0.274 e. The maximum Gasteiger partial charge on any atom is 0.274 e. The minimum absolute atomic E-state index is 0.298. The summed E-state index contributed by atoms with van der Waals surface area (Å²) in [6.45, 7) is 1.87. The minimum Gasteiger partial charge on any atom is -0.495 e. The van der Waals surface area contributed by atoms with E-state index in [1.165, 1.54) is 0 Å². The molecular weight excluding hydrogens is 398 g/mol. The number of benzene rings is 3. The Morgan fingerprint density at radius 2 is 1.67 bits per heavy atom. The largest absolute Gasteiger partial charge is 0.495 e. The summed E-state index contributed by atoms with van der Waals surface area (Å²) in [4.78, 5) is 13.3. The topological polar surface area (TPSA) is 56.1 Å². The predicted molar refractivity (Wildman–Crippen MR) is 120 cm³/mol. The number of carbonyl (C=O) groups is 1. The highest BCUT2D eigenvalue weighted by atomic mass is 35.5. The Balaban J connectivity index is 1.77. The molecule has 1 heterocycles. The fraction of sp³-hybridized carbons (Fsp3) is 0.0833. The first-order chi connectivity index (χ1) is 14.6. The summed E-state index contributed by atoms with van der Waals surface area (Å²) in [5.41, 5.74) is 4.24. The van der Waals surface area contributed by atoms with Crippen LogP contribution in [0.25, 0.3) is 16.9 Å². The molecule has 0 atom stereocenters. The molecule has 0 aliphatic rings. The van der Waals surface area contributed by atoms with Gasteiger partial charge in [0, 0.05) is 16.7 Å². The number of rotatable bonds is 5. The fourth-order valence-corrected chi connectivity index (χ4v) is 3.33. The zero-order valence-electron chi connectivity index (χ0n) is 16.6. The number of carbonyl (C=O) groups excluding carboxylic acids is 1. The number of nitrogens with one attached hydrogen (secondary N) is 1. The van der Waals surface area contributed by atoms with E-state index in [0.29, 0.717) is 27.8 Å². The highest BCUT2D eigenvalue weighted by molar-refractivity contribution is 6.31. The molecule has 0 fully saturated rings. The van der Waals surface area contributed by atoms with Crippen molar-refractivity contribution in [3.63, 3.8) is 0 Å². The van der Waals surface area contributed by atoms with E-state index in [1.807, 2.05) is 67.6 Å². The maximum atomic E-state index is 13.3. The summed E-state index contributed by atoms with van der Waals surface area (Å²) >= 11 is 6.19. The molecule has 4 rings (SSSR count). The monoisotopic (exact) mass is 417 g/mol. The standard InChI is InChI=1S/C24H20ClN3O2/c1-16-13-21(23(30-2)14-19(16)25)26-24(29)22-15-20(17-9-5-3-6-10-17)27-28(22)18-11-7-4-8-12-18/h3-15H,1-2H3,(H,26,29). The molecule has 0 aliphatic heterocycles. The molecule has 0 unspecified atom stereocenters. The van der Waals surface area contributed by atoms with Gasteiger partial charge < -0.3 is 10.1 Å². The van der Waals surface area contributed by atoms with Gasteiger partial charge in [-0.2, -0.15) is 5.10 Å². The van der Waals surface area contributed by atoms with Gasteiger partial charge in [0.2, 0.25) is 0 Å². The van der Waals surface area contributed by atoms with Crippen molar-refractivity contribution in [2.45, 2.75) is 6.92 Å². The van der Waals surface area contributed by atoms with Gasteiger partial charge in [-0.15, -0.1) is 0 Å². The number of nitrogens with zero attached hydrogens (tertiary/aromatic N) is 2. The van der Waals surface area contributed by atoms with E-state index >= 15 is 0 Å². The number of ether oxygens (including phenoxy) is 1. The van der Waals surface area contributed by atoms with Crippen LogP contribution in [0.5, 0.6) is 5.75 Å². The van der Waals surface area contributed by atoms with Gasteiger partial charge in [-0.25, -0.2) is 4.68 Å². The van der Waals surface area contributed by atoms with Crippen molar-refractivity contribution < 1.29 is 9.53 Å². The van der Waals surface area contributed by atoms with Crippen LogP contribution in [-0.4, -0.2) is 22.8 Å². The lowest BCUT2D eigenvalue weighted by Gasteiger charge is -2.13. The van der Waals surface area contributed by atoms with Gasteiger partial charge >= 0.3 is 0 Å². The van der Waals surface area contributed by atoms with Crippen molar-refractivity contribution in [3.05, 3.63) is 95.1 Å². The van der Waals surface area contributed by atoms with Crippen LogP contribution in [0.4, 0.5) is 5.69 Å². The molecular formula is C24H20ClN3O2. The second kappa shape index (κ2) is 8.43. The number of aryl methyl sites for hydroxylation is 1. The number of amides is 1. The molecule has 0 saturated heterocycles. The Bertz CT molecular complexity index is 1190. The molecule has 1 aromatic heterocycles. The molecule has 150 valence electrons. The molecule has 1 amide bonds. The van der Waals surface area contributed by atoms with Gasteiger partial charge in [0.1, 0.15) is 11.4 Å². The van der Waals surface area contributed by atoms with Crippen LogP contribution in [0.1, 0.15) is 16.1 Å². The van der Waals surface area contributed by atoms with Crippen LogP contribution in [0.15, 0.2) is 78.9 Å². The SMILES string of the molecule is COc1cc(Cl)c(C)cc1NC(=O)c1cc(-c2ccccc2)nn1-c1ccccc1. The van der Waals surface area contributed by atoms with E-state index in [-0.39, 0.29) is 5.91 Å². The van der Waals surface area contributed by atoms with Crippen molar-refractivity contribution in [1.29, 1.82) is 0 Å². The molecule has 5 nitrogen and oxygen atoms in total. The molecule has 3 aromatic carbocycles. The Kier molecular flexibility index (Phi) is 5.55. The number of aromatic nitrogens is 2. The Morgan fingerprint density at radius 1 is 1.00 bits per heavy atom. The molecule has 6 heteroatoms. The number of hydrogen-bond acceptors (Lipinski definition) is 3. The number of hydrogen-bond donors (Lipinski definition) is 1. The normalized spacial score (nSPS) is 10.6. The van der Waals surface area contributed by atoms with E-state index in [9.17, 15) is 4.79 Å². The van der Waals surface area contributed by atoms with Gasteiger partial charge in [-0.3, -0.25) is 4.79 Å². The summed E-state index contributed by atoms with van der Waals surface area (Å²) in [6.07, 6.45) is 0. The average Bonchev–Trinajstić information content (AvgIpc) is 3.23. The van der Waals surface area contributed by atoms with E-state index in [0.717, 1.165) is 16.8 Å². The van der Waals surface area contributed by atoms with Gasteiger partial charge in [0.05, 0.1) is 24.2 Å². The van der Waals surface area contributed by atoms with Crippen LogP contribution in [0.2, 0.25) is 5.02 Å². The first-order valence-electron chi connectivity index (χ1n) is 9.43. The molecule has 0 saturated carbocycles. The lowest BCUT2D eigenvalue weighted by Crippen LogP contribution is -2.17. The summed E-state index contributed by atoms with van der Waals surface area (Å²) in [7, 11) is 1.54. The number of halogens is 1. The minimum atomic E-state index is -0.298. The molecule has 0 radical (unpaired) electrons. The molecule has 0 spiro atoms. The van der Waals surface area contributed by atoms with Gasteiger partial charge in [0.25, 0.3) is 5.91 Å². The van der Waals surface area contributed by atoms with E-state index < -0.39 is 0 Å². The van der Waals surface area contributed by atoms with Crippen molar-refractivity contribution in [1.82, 2.24) is 9.78 Å². The number of methoxy groups -OCH3 is 1. The Morgan fingerprint density at radius 3 is 2.33 bits per heavy atom. The lowest BCUT2D eigenvalue weighted by molar-refractivity contribution is 0.101. The van der Waals surface area contributed by atoms with E-state index in [4.69, 9.17) is 21.4 Å². The van der Waals surface area contributed by atoms with E-state index in [2.05, 4.69) is 5.32 Å². The highest BCUT2D eigenvalue weighted by Crippen LogP contribution is 2.31. The molecule has 0 bridgehead atoms. The second-order valence-electron chi connectivity index (χ2n) is 6.78.